The number of benzene rings is 1. The first-order valence-corrected chi connectivity index (χ1v) is 10.6. The first-order valence-electron chi connectivity index (χ1n) is 9.00. The number of aromatic nitrogens is 4. The highest BCUT2D eigenvalue weighted by molar-refractivity contribution is 7.14. The lowest BCUT2D eigenvalue weighted by Crippen LogP contribution is -2.37. The Labute approximate surface area is 189 Å². The van der Waals surface area contributed by atoms with Crippen LogP contribution in [0.15, 0.2) is 45.4 Å². The SMILES string of the molecule is Cn1c(=O)c2c(CC(=O)Nc3nc(-c4ccc(Cl)cc4Cl)cs3)nccc2n(C)c1=O. The maximum absolute atomic E-state index is 12.6. The molecule has 4 rings (SSSR count). The van der Waals surface area contributed by atoms with Gasteiger partial charge in [-0.1, -0.05) is 23.2 Å². The fraction of sp³-hybridized carbons (Fsp3) is 0.150. The Hall–Kier alpha value is -3.01. The van der Waals surface area contributed by atoms with Crippen molar-refractivity contribution in [2.45, 2.75) is 6.42 Å². The first kappa shape index (κ1) is 21.2. The number of halogens is 2. The molecule has 3 heterocycles. The minimum Gasteiger partial charge on any atom is -0.302 e. The molecule has 1 aromatic carbocycles. The number of amides is 1. The van der Waals surface area contributed by atoms with Crippen LogP contribution in [-0.2, 0) is 25.3 Å². The molecule has 8 nitrogen and oxygen atoms in total. The standard InChI is InChI=1S/C20H15Cl2N5O3S/c1-26-15-5-6-23-13(17(15)18(29)27(2)20(26)30)8-16(28)25-19-24-14(9-31-19)11-4-3-10(21)7-12(11)22/h3-7,9H,8H2,1-2H3,(H,24,25,28). The van der Waals surface area contributed by atoms with Crippen molar-refractivity contribution in [1.82, 2.24) is 19.1 Å². The third-order valence-corrected chi connectivity index (χ3v) is 6.05. The maximum Gasteiger partial charge on any atom is 0.330 e. The Morgan fingerprint density at radius 3 is 2.68 bits per heavy atom. The van der Waals surface area contributed by atoms with Crippen LogP contribution in [0.2, 0.25) is 10.0 Å². The van der Waals surface area contributed by atoms with Crippen LogP contribution in [0.5, 0.6) is 0 Å². The quantitative estimate of drug-likeness (QED) is 0.488. The second-order valence-corrected chi connectivity index (χ2v) is 8.45. The van der Waals surface area contributed by atoms with Crippen molar-refractivity contribution in [2.75, 3.05) is 5.32 Å². The van der Waals surface area contributed by atoms with E-state index in [1.165, 1.54) is 29.1 Å². The molecule has 0 saturated carbocycles. The average molecular weight is 476 g/mol. The lowest BCUT2D eigenvalue weighted by Gasteiger charge is -2.10. The smallest absolute Gasteiger partial charge is 0.302 e. The third kappa shape index (κ3) is 3.99. The highest BCUT2D eigenvalue weighted by Gasteiger charge is 2.17. The molecule has 0 fully saturated rings. The summed E-state index contributed by atoms with van der Waals surface area (Å²) in [6, 6.07) is 6.66. The van der Waals surface area contributed by atoms with Crippen molar-refractivity contribution in [3.05, 3.63) is 72.4 Å². The summed E-state index contributed by atoms with van der Waals surface area (Å²) in [5.41, 5.74) is 1.05. The molecule has 0 aliphatic carbocycles. The molecular formula is C20H15Cl2N5O3S. The van der Waals surface area contributed by atoms with E-state index in [1.807, 2.05) is 0 Å². The van der Waals surface area contributed by atoms with Crippen molar-refractivity contribution >= 4 is 56.5 Å². The number of thiazole rings is 1. The number of carbonyl (C=O) groups is 1. The molecule has 31 heavy (non-hydrogen) atoms. The van der Waals surface area contributed by atoms with Gasteiger partial charge in [-0.25, -0.2) is 9.78 Å². The minimum absolute atomic E-state index is 0.151. The summed E-state index contributed by atoms with van der Waals surface area (Å²) in [5.74, 6) is -0.390. The average Bonchev–Trinajstić information content (AvgIpc) is 3.18. The van der Waals surface area contributed by atoms with Crippen LogP contribution >= 0.6 is 34.5 Å². The van der Waals surface area contributed by atoms with E-state index in [-0.39, 0.29) is 23.4 Å². The molecule has 4 aromatic rings. The van der Waals surface area contributed by atoms with E-state index in [1.54, 1.807) is 36.7 Å². The molecule has 158 valence electrons. The number of hydrogen-bond acceptors (Lipinski definition) is 6. The van der Waals surface area contributed by atoms with Crippen LogP contribution in [0.3, 0.4) is 0 Å². The molecule has 0 aliphatic rings. The van der Waals surface area contributed by atoms with E-state index in [2.05, 4.69) is 15.3 Å². The number of nitrogens with zero attached hydrogens (tertiary/aromatic N) is 4. The summed E-state index contributed by atoms with van der Waals surface area (Å²) in [4.78, 5) is 46.0. The topological polar surface area (TPSA) is 98.9 Å². The van der Waals surface area contributed by atoms with Crippen molar-refractivity contribution in [3.63, 3.8) is 0 Å². The van der Waals surface area contributed by atoms with Gasteiger partial charge in [-0.15, -0.1) is 11.3 Å². The lowest BCUT2D eigenvalue weighted by molar-refractivity contribution is -0.115. The molecule has 0 bridgehead atoms. The van der Waals surface area contributed by atoms with Gasteiger partial charge < -0.3 is 5.32 Å². The Morgan fingerprint density at radius 1 is 1.16 bits per heavy atom. The van der Waals surface area contributed by atoms with Gasteiger partial charge in [-0.05, 0) is 24.3 Å². The van der Waals surface area contributed by atoms with Crippen LogP contribution in [-0.4, -0.2) is 25.0 Å². The van der Waals surface area contributed by atoms with Gasteiger partial charge in [-0.2, -0.15) is 0 Å². The van der Waals surface area contributed by atoms with Gasteiger partial charge in [0.15, 0.2) is 5.13 Å². The fourth-order valence-corrected chi connectivity index (χ4v) is 4.42. The molecule has 0 atom stereocenters. The molecule has 1 amide bonds. The molecular weight excluding hydrogens is 461 g/mol. The molecule has 0 spiro atoms. The zero-order chi connectivity index (χ0) is 22.3. The Balaban J connectivity index is 1.61. The molecule has 3 aromatic heterocycles. The fourth-order valence-electron chi connectivity index (χ4n) is 3.19. The number of rotatable bonds is 4. The zero-order valence-electron chi connectivity index (χ0n) is 16.3. The molecule has 0 unspecified atom stereocenters. The van der Waals surface area contributed by atoms with Crippen LogP contribution in [0, 0.1) is 0 Å². The van der Waals surface area contributed by atoms with Crippen LogP contribution in [0.4, 0.5) is 5.13 Å². The summed E-state index contributed by atoms with van der Waals surface area (Å²) in [7, 11) is 2.95. The van der Waals surface area contributed by atoms with Gasteiger partial charge in [-0.3, -0.25) is 23.7 Å². The number of fused-ring (bicyclic) bond motifs is 1. The molecule has 11 heteroatoms. The lowest BCUT2D eigenvalue weighted by atomic mass is 10.1. The summed E-state index contributed by atoms with van der Waals surface area (Å²) in [6.45, 7) is 0. The van der Waals surface area contributed by atoms with E-state index in [0.717, 1.165) is 4.57 Å². The van der Waals surface area contributed by atoms with Gasteiger partial charge in [0.25, 0.3) is 5.56 Å². The number of anilines is 1. The van der Waals surface area contributed by atoms with Crippen LogP contribution in [0.1, 0.15) is 5.69 Å². The second-order valence-electron chi connectivity index (χ2n) is 6.74. The highest BCUT2D eigenvalue weighted by atomic mass is 35.5. The molecule has 0 saturated heterocycles. The van der Waals surface area contributed by atoms with Gasteiger partial charge in [0.2, 0.25) is 5.91 Å². The molecule has 1 N–H and O–H groups in total. The summed E-state index contributed by atoms with van der Waals surface area (Å²) in [5, 5.41) is 6.07. The van der Waals surface area contributed by atoms with E-state index in [9.17, 15) is 14.4 Å². The van der Waals surface area contributed by atoms with Crippen LogP contribution < -0.4 is 16.6 Å². The summed E-state index contributed by atoms with van der Waals surface area (Å²) in [6.07, 6.45) is 1.31. The van der Waals surface area contributed by atoms with Gasteiger partial charge in [0, 0.05) is 36.3 Å². The van der Waals surface area contributed by atoms with Crippen molar-refractivity contribution < 1.29 is 4.79 Å². The first-order chi connectivity index (χ1) is 14.8. The monoisotopic (exact) mass is 475 g/mol. The van der Waals surface area contributed by atoms with E-state index < -0.39 is 11.2 Å². The van der Waals surface area contributed by atoms with Crippen molar-refractivity contribution in [2.24, 2.45) is 14.1 Å². The molecule has 0 aliphatic heterocycles. The van der Waals surface area contributed by atoms with Gasteiger partial charge in [0.05, 0.1) is 33.7 Å². The van der Waals surface area contributed by atoms with Gasteiger partial charge >= 0.3 is 5.69 Å². The predicted molar refractivity (Wildman–Crippen MR) is 122 cm³/mol. The number of nitrogens with one attached hydrogen (secondary N) is 1. The van der Waals surface area contributed by atoms with E-state index >= 15 is 0 Å². The highest BCUT2D eigenvalue weighted by Crippen LogP contribution is 2.32. The summed E-state index contributed by atoms with van der Waals surface area (Å²) >= 11 is 13.4. The maximum atomic E-state index is 12.6. The van der Waals surface area contributed by atoms with E-state index in [0.29, 0.717) is 32.0 Å². The normalized spacial score (nSPS) is 11.1. The van der Waals surface area contributed by atoms with E-state index in [4.69, 9.17) is 23.2 Å². The number of pyridine rings is 1. The predicted octanol–water partition coefficient (Wildman–Crippen LogP) is 3.24. The number of aryl methyl sites for hydroxylation is 1. The largest absolute Gasteiger partial charge is 0.330 e. The third-order valence-electron chi connectivity index (χ3n) is 4.75. The van der Waals surface area contributed by atoms with Gasteiger partial charge in [0.1, 0.15) is 0 Å². The Kier molecular flexibility index (Phi) is 5.65. The minimum atomic E-state index is -0.497. The number of hydrogen-bond donors (Lipinski definition) is 1. The second kappa shape index (κ2) is 8.26. The Morgan fingerprint density at radius 2 is 1.94 bits per heavy atom. The summed E-state index contributed by atoms with van der Waals surface area (Å²) < 4.78 is 2.34. The van der Waals surface area contributed by atoms with Crippen molar-refractivity contribution in [3.8, 4) is 11.3 Å². The molecule has 0 radical (unpaired) electrons. The van der Waals surface area contributed by atoms with Crippen molar-refractivity contribution in [1.29, 1.82) is 0 Å². The Bertz CT molecular complexity index is 1460. The van der Waals surface area contributed by atoms with Crippen LogP contribution in [0.25, 0.3) is 22.2 Å². The number of carbonyl (C=O) groups excluding carboxylic acids is 1. The zero-order valence-corrected chi connectivity index (χ0v) is 18.7.